The number of rotatable bonds is 2. The molecule has 0 aliphatic carbocycles. The quantitative estimate of drug-likeness (QED) is 0.909. The second kappa shape index (κ2) is 5.06. The van der Waals surface area contributed by atoms with E-state index in [9.17, 15) is 14.0 Å². The zero-order valence-electron chi connectivity index (χ0n) is 9.40. The predicted molar refractivity (Wildman–Crippen MR) is 65.7 cm³/mol. The molecule has 1 atom stereocenters. The fourth-order valence-corrected chi connectivity index (χ4v) is 2.39. The van der Waals surface area contributed by atoms with Crippen LogP contribution in [0.5, 0.6) is 0 Å². The van der Waals surface area contributed by atoms with Crippen molar-refractivity contribution < 1.29 is 19.1 Å². The minimum atomic E-state index is -0.899. The van der Waals surface area contributed by atoms with Crippen LogP contribution < -0.4 is 0 Å². The van der Waals surface area contributed by atoms with Gasteiger partial charge in [0.1, 0.15) is 5.82 Å². The highest BCUT2D eigenvalue weighted by Gasteiger charge is 2.31. The Morgan fingerprint density at radius 1 is 1.44 bits per heavy atom. The number of carboxylic acids is 1. The Bertz CT molecular complexity index is 506. The van der Waals surface area contributed by atoms with Crippen LogP contribution in [-0.2, 0) is 4.79 Å². The van der Waals surface area contributed by atoms with E-state index >= 15 is 0 Å². The lowest BCUT2D eigenvalue weighted by molar-refractivity contribution is -0.141. The van der Waals surface area contributed by atoms with Gasteiger partial charge in [-0.15, -0.1) is 0 Å². The van der Waals surface area contributed by atoms with E-state index < -0.39 is 17.7 Å². The molecule has 1 aliphatic heterocycles. The van der Waals surface area contributed by atoms with Gasteiger partial charge in [0.05, 0.1) is 11.5 Å². The number of hydrogen-bond donors (Lipinski definition) is 1. The van der Waals surface area contributed by atoms with Crippen LogP contribution in [0.25, 0.3) is 0 Å². The fourth-order valence-electron chi connectivity index (χ4n) is 1.98. The summed E-state index contributed by atoms with van der Waals surface area (Å²) in [4.78, 5) is 24.4. The first-order valence-electron chi connectivity index (χ1n) is 5.46. The van der Waals surface area contributed by atoms with E-state index in [0.717, 1.165) is 6.07 Å². The minimum Gasteiger partial charge on any atom is -0.481 e. The van der Waals surface area contributed by atoms with Gasteiger partial charge in [0, 0.05) is 17.6 Å². The number of nitrogens with zero attached hydrogens (tertiary/aromatic N) is 1. The van der Waals surface area contributed by atoms with Gasteiger partial charge in [-0.05, 0) is 40.5 Å². The van der Waals surface area contributed by atoms with Crippen molar-refractivity contribution in [3.63, 3.8) is 0 Å². The second-order valence-corrected chi connectivity index (χ2v) is 5.05. The van der Waals surface area contributed by atoms with E-state index in [2.05, 4.69) is 15.9 Å². The predicted octanol–water partition coefficient (Wildman–Crippen LogP) is 2.13. The lowest BCUT2D eigenvalue weighted by Gasteiger charge is -2.16. The van der Waals surface area contributed by atoms with E-state index in [4.69, 9.17) is 5.11 Å². The summed E-state index contributed by atoms with van der Waals surface area (Å²) in [6, 6.07) is 3.87. The van der Waals surface area contributed by atoms with E-state index in [1.807, 2.05) is 0 Å². The van der Waals surface area contributed by atoms with E-state index in [-0.39, 0.29) is 18.0 Å². The number of amides is 1. The summed E-state index contributed by atoms with van der Waals surface area (Å²) in [5.74, 6) is -2.26. The van der Waals surface area contributed by atoms with Crippen LogP contribution in [0.1, 0.15) is 16.8 Å². The molecule has 0 spiro atoms. The summed E-state index contributed by atoms with van der Waals surface area (Å²) in [5, 5.41) is 8.87. The molecule has 96 valence electrons. The standard InChI is InChI=1S/C12H11BrFNO3/c13-10-2-1-8(14)5-9(10)11(16)15-4-3-7(6-15)12(17)18/h1-2,5,7H,3-4,6H2,(H,17,18)/t7-/m1/s1. The number of carbonyl (C=O) groups excluding carboxylic acids is 1. The van der Waals surface area contributed by atoms with Crippen LogP contribution in [0.15, 0.2) is 22.7 Å². The normalized spacial score (nSPS) is 19.0. The average molecular weight is 316 g/mol. The Balaban J connectivity index is 2.17. The zero-order chi connectivity index (χ0) is 13.3. The average Bonchev–Trinajstić information content (AvgIpc) is 2.81. The van der Waals surface area contributed by atoms with Crippen LogP contribution in [0.3, 0.4) is 0 Å². The van der Waals surface area contributed by atoms with E-state index in [1.165, 1.54) is 17.0 Å². The maximum Gasteiger partial charge on any atom is 0.308 e. The number of carbonyl (C=O) groups is 2. The lowest BCUT2D eigenvalue weighted by atomic mass is 10.1. The van der Waals surface area contributed by atoms with Crippen LogP contribution >= 0.6 is 15.9 Å². The van der Waals surface area contributed by atoms with E-state index in [1.54, 1.807) is 0 Å². The van der Waals surface area contributed by atoms with E-state index in [0.29, 0.717) is 17.4 Å². The monoisotopic (exact) mass is 315 g/mol. The summed E-state index contributed by atoms with van der Waals surface area (Å²) in [5.41, 5.74) is 0.223. The molecule has 6 heteroatoms. The number of carboxylic acid groups (broad SMARTS) is 1. The summed E-state index contributed by atoms with van der Waals surface area (Å²) >= 11 is 3.19. The van der Waals surface area contributed by atoms with Crippen molar-refractivity contribution in [1.82, 2.24) is 4.90 Å². The molecule has 1 aromatic carbocycles. The van der Waals surface area contributed by atoms with Crippen LogP contribution in [0.2, 0.25) is 0 Å². The molecule has 1 aromatic rings. The highest BCUT2D eigenvalue weighted by Crippen LogP contribution is 2.23. The van der Waals surface area contributed by atoms with Crippen molar-refractivity contribution in [2.75, 3.05) is 13.1 Å². The molecule has 18 heavy (non-hydrogen) atoms. The Kier molecular flexibility index (Phi) is 3.65. The summed E-state index contributed by atoms with van der Waals surface area (Å²) in [6.07, 6.45) is 0.439. The van der Waals surface area contributed by atoms with Gasteiger partial charge in [-0.3, -0.25) is 9.59 Å². The highest BCUT2D eigenvalue weighted by molar-refractivity contribution is 9.10. The molecule has 2 rings (SSSR count). The smallest absolute Gasteiger partial charge is 0.308 e. The van der Waals surface area contributed by atoms with Crippen molar-refractivity contribution in [3.05, 3.63) is 34.1 Å². The third kappa shape index (κ3) is 2.53. The molecule has 0 bridgehead atoms. The number of likely N-dealkylation sites (tertiary alicyclic amines) is 1. The number of hydrogen-bond acceptors (Lipinski definition) is 2. The van der Waals surface area contributed by atoms with Gasteiger partial charge in [-0.1, -0.05) is 0 Å². The van der Waals surface area contributed by atoms with Gasteiger partial charge in [-0.25, -0.2) is 4.39 Å². The van der Waals surface area contributed by atoms with Crippen molar-refractivity contribution in [2.45, 2.75) is 6.42 Å². The van der Waals surface area contributed by atoms with Gasteiger partial charge in [0.2, 0.25) is 0 Å². The van der Waals surface area contributed by atoms with Crippen molar-refractivity contribution in [2.24, 2.45) is 5.92 Å². The van der Waals surface area contributed by atoms with Crippen LogP contribution in [-0.4, -0.2) is 35.0 Å². The minimum absolute atomic E-state index is 0.178. The third-order valence-corrected chi connectivity index (χ3v) is 3.68. The molecule has 1 aliphatic rings. The first-order chi connectivity index (χ1) is 8.49. The maximum absolute atomic E-state index is 13.1. The highest BCUT2D eigenvalue weighted by atomic mass is 79.9. The molecule has 0 unspecified atom stereocenters. The Morgan fingerprint density at radius 2 is 2.17 bits per heavy atom. The Morgan fingerprint density at radius 3 is 2.78 bits per heavy atom. The molecule has 1 fully saturated rings. The molecule has 1 heterocycles. The number of aliphatic carboxylic acids is 1. The molecule has 0 aromatic heterocycles. The molecule has 1 saturated heterocycles. The fraction of sp³-hybridized carbons (Fsp3) is 0.333. The van der Waals surface area contributed by atoms with Crippen molar-refractivity contribution in [1.29, 1.82) is 0 Å². The summed E-state index contributed by atoms with van der Waals surface area (Å²) < 4.78 is 13.6. The molecule has 1 amide bonds. The SMILES string of the molecule is O=C(O)[C@@H]1CCN(C(=O)c2cc(F)ccc2Br)C1. The summed E-state index contributed by atoms with van der Waals surface area (Å²) in [6.45, 7) is 0.565. The Hall–Kier alpha value is -1.43. The lowest BCUT2D eigenvalue weighted by Crippen LogP contribution is -2.30. The van der Waals surface area contributed by atoms with Gasteiger partial charge < -0.3 is 10.0 Å². The van der Waals surface area contributed by atoms with Crippen molar-refractivity contribution >= 4 is 27.8 Å². The van der Waals surface area contributed by atoms with Crippen LogP contribution in [0, 0.1) is 11.7 Å². The third-order valence-electron chi connectivity index (χ3n) is 2.98. The number of benzene rings is 1. The van der Waals surface area contributed by atoms with Crippen molar-refractivity contribution in [3.8, 4) is 0 Å². The maximum atomic E-state index is 13.1. The zero-order valence-corrected chi connectivity index (χ0v) is 11.0. The first-order valence-corrected chi connectivity index (χ1v) is 6.25. The largest absolute Gasteiger partial charge is 0.481 e. The molecule has 4 nitrogen and oxygen atoms in total. The Labute approximate surface area is 112 Å². The summed E-state index contributed by atoms with van der Waals surface area (Å²) in [7, 11) is 0. The number of halogens is 2. The van der Waals surface area contributed by atoms with Gasteiger partial charge in [0.15, 0.2) is 0 Å². The first kappa shape index (κ1) is 13.0. The van der Waals surface area contributed by atoms with Gasteiger partial charge in [0.25, 0.3) is 5.91 Å². The molecular weight excluding hydrogens is 305 g/mol. The molecule has 1 N–H and O–H groups in total. The molecule has 0 radical (unpaired) electrons. The topological polar surface area (TPSA) is 57.6 Å². The van der Waals surface area contributed by atoms with Gasteiger partial charge >= 0.3 is 5.97 Å². The van der Waals surface area contributed by atoms with Crippen LogP contribution in [0.4, 0.5) is 4.39 Å². The molecular formula is C12H11BrFNO3. The van der Waals surface area contributed by atoms with Gasteiger partial charge in [-0.2, -0.15) is 0 Å². The second-order valence-electron chi connectivity index (χ2n) is 4.20. The molecule has 0 saturated carbocycles.